The standard InChI is InChI=1S/C15H18O4/c1-9-13(14(16)19-15(9,2)3)10-6-7-11(17-4)12(8-10)18-5/h6-8H,1-5H3. The maximum atomic E-state index is 12.0. The molecule has 1 aromatic carbocycles. The molecule has 1 aromatic rings. The van der Waals surface area contributed by atoms with Crippen molar-refractivity contribution >= 4 is 11.5 Å². The fourth-order valence-electron chi connectivity index (χ4n) is 2.14. The van der Waals surface area contributed by atoms with E-state index in [2.05, 4.69) is 0 Å². The van der Waals surface area contributed by atoms with Gasteiger partial charge in [-0.3, -0.25) is 0 Å². The molecule has 102 valence electrons. The van der Waals surface area contributed by atoms with Crippen molar-refractivity contribution in [3.05, 3.63) is 29.3 Å². The number of carbonyl (C=O) groups excluding carboxylic acids is 1. The average molecular weight is 262 g/mol. The van der Waals surface area contributed by atoms with Crippen LogP contribution in [-0.2, 0) is 9.53 Å². The van der Waals surface area contributed by atoms with E-state index in [0.29, 0.717) is 17.1 Å². The number of ether oxygens (including phenoxy) is 3. The minimum atomic E-state index is -0.556. The fourth-order valence-corrected chi connectivity index (χ4v) is 2.14. The maximum Gasteiger partial charge on any atom is 0.339 e. The molecule has 4 nitrogen and oxygen atoms in total. The molecule has 0 aromatic heterocycles. The third-order valence-corrected chi connectivity index (χ3v) is 3.50. The molecule has 2 rings (SSSR count). The summed E-state index contributed by atoms with van der Waals surface area (Å²) in [6, 6.07) is 5.41. The van der Waals surface area contributed by atoms with Gasteiger partial charge in [0.25, 0.3) is 0 Å². The van der Waals surface area contributed by atoms with Gasteiger partial charge in [-0.05, 0) is 44.0 Å². The Balaban J connectivity index is 2.54. The van der Waals surface area contributed by atoms with Crippen molar-refractivity contribution in [2.75, 3.05) is 14.2 Å². The first kappa shape index (κ1) is 13.5. The molecule has 0 radical (unpaired) electrons. The molecule has 0 amide bonds. The number of carbonyl (C=O) groups is 1. The summed E-state index contributed by atoms with van der Waals surface area (Å²) in [5, 5.41) is 0. The van der Waals surface area contributed by atoms with E-state index in [0.717, 1.165) is 11.1 Å². The van der Waals surface area contributed by atoms with Crippen LogP contribution in [0.1, 0.15) is 26.3 Å². The number of hydrogen-bond donors (Lipinski definition) is 0. The molecular formula is C15H18O4. The van der Waals surface area contributed by atoms with E-state index in [9.17, 15) is 4.79 Å². The lowest BCUT2D eigenvalue weighted by atomic mass is 9.93. The fraction of sp³-hybridized carbons (Fsp3) is 0.400. The van der Waals surface area contributed by atoms with E-state index < -0.39 is 5.60 Å². The largest absolute Gasteiger partial charge is 0.493 e. The van der Waals surface area contributed by atoms with Gasteiger partial charge in [0.1, 0.15) is 5.60 Å². The number of cyclic esters (lactones) is 1. The van der Waals surface area contributed by atoms with Gasteiger partial charge in [-0.15, -0.1) is 0 Å². The molecule has 4 heteroatoms. The summed E-state index contributed by atoms with van der Waals surface area (Å²) >= 11 is 0. The smallest absolute Gasteiger partial charge is 0.339 e. The molecule has 0 saturated carbocycles. The van der Waals surface area contributed by atoms with Gasteiger partial charge in [0, 0.05) is 0 Å². The molecule has 0 fully saturated rings. The molecule has 0 aliphatic carbocycles. The summed E-state index contributed by atoms with van der Waals surface area (Å²) in [6.45, 7) is 5.68. The molecule has 1 heterocycles. The maximum absolute atomic E-state index is 12.0. The van der Waals surface area contributed by atoms with Crippen LogP contribution in [0.2, 0.25) is 0 Å². The van der Waals surface area contributed by atoms with E-state index in [4.69, 9.17) is 14.2 Å². The quantitative estimate of drug-likeness (QED) is 0.786. The minimum absolute atomic E-state index is 0.297. The van der Waals surface area contributed by atoms with Gasteiger partial charge in [0.2, 0.25) is 0 Å². The molecule has 0 atom stereocenters. The summed E-state index contributed by atoms with van der Waals surface area (Å²) < 4.78 is 15.8. The number of hydrogen-bond acceptors (Lipinski definition) is 4. The number of rotatable bonds is 3. The van der Waals surface area contributed by atoms with Crippen LogP contribution in [0, 0.1) is 0 Å². The zero-order valence-electron chi connectivity index (χ0n) is 11.9. The Labute approximate surface area is 113 Å². The topological polar surface area (TPSA) is 44.8 Å². The molecule has 0 bridgehead atoms. The minimum Gasteiger partial charge on any atom is -0.493 e. The zero-order chi connectivity index (χ0) is 14.2. The SMILES string of the molecule is COc1ccc(C2=C(C)C(C)(C)OC2=O)cc1OC. The van der Waals surface area contributed by atoms with Crippen LogP contribution in [0.15, 0.2) is 23.8 Å². The molecule has 0 unspecified atom stereocenters. The Morgan fingerprint density at radius 3 is 2.21 bits per heavy atom. The molecular weight excluding hydrogens is 244 g/mol. The Bertz CT molecular complexity index is 555. The van der Waals surface area contributed by atoms with Crippen LogP contribution in [0.3, 0.4) is 0 Å². The normalized spacial score (nSPS) is 17.4. The molecule has 0 N–H and O–H groups in total. The third kappa shape index (κ3) is 2.18. The Kier molecular flexibility index (Phi) is 3.27. The van der Waals surface area contributed by atoms with Gasteiger partial charge >= 0.3 is 5.97 Å². The van der Waals surface area contributed by atoms with Gasteiger partial charge in [-0.1, -0.05) is 6.07 Å². The van der Waals surface area contributed by atoms with Crippen molar-refractivity contribution in [2.45, 2.75) is 26.4 Å². The van der Waals surface area contributed by atoms with Crippen molar-refractivity contribution < 1.29 is 19.0 Å². The van der Waals surface area contributed by atoms with Gasteiger partial charge in [-0.25, -0.2) is 4.79 Å². The highest BCUT2D eigenvalue weighted by Gasteiger charge is 2.38. The molecule has 0 spiro atoms. The lowest BCUT2D eigenvalue weighted by molar-refractivity contribution is -0.142. The number of benzene rings is 1. The predicted molar refractivity (Wildman–Crippen MR) is 72.3 cm³/mol. The summed E-state index contributed by atoms with van der Waals surface area (Å²) in [7, 11) is 3.15. The average Bonchev–Trinajstić information content (AvgIpc) is 2.57. The van der Waals surface area contributed by atoms with E-state index >= 15 is 0 Å². The van der Waals surface area contributed by atoms with Crippen molar-refractivity contribution in [1.82, 2.24) is 0 Å². The van der Waals surface area contributed by atoms with Crippen LogP contribution in [0.25, 0.3) is 5.57 Å². The van der Waals surface area contributed by atoms with Crippen molar-refractivity contribution in [3.8, 4) is 11.5 Å². The van der Waals surface area contributed by atoms with Gasteiger partial charge in [0.05, 0.1) is 19.8 Å². The summed E-state index contributed by atoms with van der Waals surface area (Å²) in [4.78, 5) is 12.0. The first-order valence-corrected chi connectivity index (χ1v) is 6.08. The monoisotopic (exact) mass is 262 g/mol. The molecule has 1 aliphatic rings. The molecule has 0 saturated heterocycles. The molecule has 19 heavy (non-hydrogen) atoms. The highest BCUT2D eigenvalue weighted by Crippen LogP contribution is 2.39. The van der Waals surface area contributed by atoms with Crippen molar-refractivity contribution in [2.24, 2.45) is 0 Å². The van der Waals surface area contributed by atoms with Gasteiger partial charge < -0.3 is 14.2 Å². The highest BCUT2D eigenvalue weighted by molar-refractivity contribution is 6.20. The highest BCUT2D eigenvalue weighted by atomic mass is 16.6. The van der Waals surface area contributed by atoms with Gasteiger partial charge in [-0.2, -0.15) is 0 Å². The Hall–Kier alpha value is -1.97. The lowest BCUT2D eigenvalue weighted by Gasteiger charge is -2.18. The number of methoxy groups -OCH3 is 2. The van der Waals surface area contributed by atoms with E-state index in [1.165, 1.54) is 0 Å². The predicted octanol–water partition coefficient (Wildman–Crippen LogP) is 2.81. The zero-order valence-corrected chi connectivity index (χ0v) is 11.9. The molecule has 1 aliphatic heterocycles. The first-order chi connectivity index (χ1) is 8.90. The van der Waals surface area contributed by atoms with Crippen LogP contribution in [-0.4, -0.2) is 25.8 Å². The Morgan fingerprint density at radius 1 is 1.11 bits per heavy atom. The summed E-state index contributed by atoms with van der Waals surface area (Å²) in [5.74, 6) is 0.933. The van der Waals surface area contributed by atoms with E-state index in [1.807, 2.05) is 26.8 Å². The summed E-state index contributed by atoms with van der Waals surface area (Å²) in [5.41, 5.74) is 1.75. The van der Waals surface area contributed by atoms with Crippen LogP contribution < -0.4 is 9.47 Å². The lowest BCUT2D eigenvalue weighted by Crippen LogP contribution is -2.21. The van der Waals surface area contributed by atoms with Crippen LogP contribution in [0.4, 0.5) is 0 Å². The van der Waals surface area contributed by atoms with Crippen LogP contribution in [0.5, 0.6) is 11.5 Å². The van der Waals surface area contributed by atoms with E-state index in [-0.39, 0.29) is 5.97 Å². The second-order valence-electron chi connectivity index (χ2n) is 4.97. The second-order valence-corrected chi connectivity index (χ2v) is 4.97. The van der Waals surface area contributed by atoms with Gasteiger partial charge in [0.15, 0.2) is 11.5 Å². The van der Waals surface area contributed by atoms with Crippen molar-refractivity contribution in [3.63, 3.8) is 0 Å². The third-order valence-electron chi connectivity index (χ3n) is 3.50. The van der Waals surface area contributed by atoms with Crippen LogP contribution >= 0.6 is 0 Å². The Morgan fingerprint density at radius 2 is 1.74 bits per heavy atom. The van der Waals surface area contributed by atoms with E-state index in [1.54, 1.807) is 26.4 Å². The summed E-state index contributed by atoms with van der Waals surface area (Å²) in [6.07, 6.45) is 0. The number of esters is 1. The second kappa shape index (κ2) is 4.61. The first-order valence-electron chi connectivity index (χ1n) is 6.08. The van der Waals surface area contributed by atoms with Crippen molar-refractivity contribution in [1.29, 1.82) is 0 Å².